The summed E-state index contributed by atoms with van der Waals surface area (Å²) in [5, 5.41) is 0. The maximum Gasteiger partial charge on any atom is 0.0249 e. The quantitative estimate of drug-likeness (QED) is 0.367. The summed E-state index contributed by atoms with van der Waals surface area (Å²) in [5.74, 6) is 9.82. The van der Waals surface area contributed by atoms with Gasteiger partial charge in [-0.15, -0.1) is 0 Å². The predicted molar refractivity (Wildman–Crippen MR) is 147 cm³/mol. The highest BCUT2D eigenvalue weighted by Crippen LogP contribution is 2.38. The molecule has 2 aromatic rings. The van der Waals surface area contributed by atoms with Gasteiger partial charge in [0.15, 0.2) is 0 Å². The van der Waals surface area contributed by atoms with Gasteiger partial charge in [0.2, 0.25) is 0 Å². The molecule has 2 saturated carbocycles. The first-order chi connectivity index (χ1) is 16.7. The summed E-state index contributed by atoms with van der Waals surface area (Å²) in [6.45, 7) is 4.57. The van der Waals surface area contributed by atoms with E-state index in [1.807, 2.05) is 0 Å². The number of allylic oxidation sites excluding steroid dienone is 2. The van der Waals surface area contributed by atoms with Crippen LogP contribution in [0.3, 0.4) is 0 Å². The molecule has 34 heavy (non-hydrogen) atoms. The van der Waals surface area contributed by atoms with Gasteiger partial charge in [-0.05, 0) is 116 Å². The lowest BCUT2D eigenvalue weighted by molar-refractivity contribution is 0.308. The van der Waals surface area contributed by atoms with Gasteiger partial charge in [0.05, 0.1) is 0 Å². The van der Waals surface area contributed by atoms with Crippen molar-refractivity contribution >= 4 is 0 Å². The fourth-order valence-corrected chi connectivity index (χ4v) is 6.23. The zero-order valence-electron chi connectivity index (χ0n) is 21.6. The van der Waals surface area contributed by atoms with Crippen LogP contribution >= 0.6 is 0 Å². The summed E-state index contributed by atoms with van der Waals surface area (Å²) in [6, 6.07) is 18.5. The van der Waals surface area contributed by atoms with Crippen molar-refractivity contribution in [1.29, 1.82) is 0 Å². The number of hydrogen-bond donors (Lipinski definition) is 0. The van der Waals surface area contributed by atoms with Gasteiger partial charge in [0, 0.05) is 5.56 Å². The van der Waals surface area contributed by atoms with E-state index in [0.29, 0.717) is 5.92 Å². The molecule has 0 saturated heterocycles. The maximum atomic E-state index is 3.35. The molecular formula is C34H44. The van der Waals surface area contributed by atoms with Gasteiger partial charge in [-0.1, -0.05) is 87.4 Å². The van der Waals surface area contributed by atoms with Gasteiger partial charge >= 0.3 is 0 Å². The smallest absolute Gasteiger partial charge is 0.0249 e. The van der Waals surface area contributed by atoms with Crippen molar-refractivity contribution in [3.8, 4) is 11.8 Å². The van der Waals surface area contributed by atoms with E-state index in [1.54, 1.807) is 5.56 Å². The zero-order valence-corrected chi connectivity index (χ0v) is 21.6. The first kappa shape index (κ1) is 24.9. The van der Waals surface area contributed by atoms with Gasteiger partial charge < -0.3 is 0 Å². The molecule has 180 valence electrons. The Balaban J connectivity index is 1.21. The Kier molecular flexibility index (Phi) is 9.50. The number of rotatable bonds is 7. The van der Waals surface area contributed by atoms with Gasteiger partial charge in [0.25, 0.3) is 0 Å². The van der Waals surface area contributed by atoms with Crippen LogP contribution in [0.4, 0.5) is 0 Å². The SMILES string of the molecule is CCCc1ccc([C@H]2CC[C@H](/C=C/C#Cc3ccc([C@H]4CC[C@H](CCC)CC4)cc3)CC2)cc1. The second-order valence-corrected chi connectivity index (χ2v) is 10.9. The topological polar surface area (TPSA) is 0 Å². The third kappa shape index (κ3) is 7.12. The molecule has 0 amide bonds. The summed E-state index contributed by atoms with van der Waals surface area (Å²) in [4.78, 5) is 0. The Morgan fingerprint density at radius 1 is 0.706 bits per heavy atom. The third-order valence-electron chi connectivity index (χ3n) is 8.36. The Morgan fingerprint density at radius 3 is 1.88 bits per heavy atom. The molecule has 0 aliphatic heterocycles. The van der Waals surface area contributed by atoms with Crippen LogP contribution in [-0.2, 0) is 6.42 Å². The van der Waals surface area contributed by atoms with Crippen molar-refractivity contribution in [2.45, 2.75) is 103 Å². The monoisotopic (exact) mass is 452 g/mol. The highest BCUT2D eigenvalue weighted by molar-refractivity contribution is 5.39. The highest BCUT2D eigenvalue weighted by Gasteiger charge is 2.22. The fourth-order valence-electron chi connectivity index (χ4n) is 6.23. The molecule has 2 aliphatic carbocycles. The lowest BCUT2D eigenvalue weighted by atomic mass is 9.77. The van der Waals surface area contributed by atoms with Crippen LogP contribution in [0.1, 0.15) is 119 Å². The van der Waals surface area contributed by atoms with Crippen LogP contribution in [-0.4, -0.2) is 0 Å². The molecule has 4 rings (SSSR count). The number of benzene rings is 2. The van der Waals surface area contributed by atoms with Crippen molar-refractivity contribution < 1.29 is 0 Å². The van der Waals surface area contributed by atoms with E-state index in [4.69, 9.17) is 0 Å². The van der Waals surface area contributed by atoms with E-state index in [2.05, 4.69) is 86.4 Å². The van der Waals surface area contributed by atoms with Gasteiger partial charge in [0.1, 0.15) is 0 Å². The number of aryl methyl sites for hydroxylation is 1. The summed E-state index contributed by atoms with van der Waals surface area (Å²) in [6.07, 6.45) is 20.4. The van der Waals surface area contributed by atoms with Crippen molar-refractivity contribution in [1.82, 2.24) is 0 Å². The predicted octanol–water partition coefficient (Wildman–Crippen LogP) is 9.59. The van der Waals surface area contributed by atoms with E-state index >= 15 is 0 Å². The van der Waals surface area contributed by atoms with Crippen LogP contribution in [0.5, 0.6) is 0 Å². The average Bonchev–Trinajstić information content (AvgIpc) is 2.89. The molecule has 0 unspecified atom stereocenters. The average molecular weight is 453 g/mol. The fraction of sp³-hybridized carbons (Fsp3) is 0.529. The van der Waals surface area contributed by atoms with Gasteiger partial charge in [-0.25, -0.2) is 0 Å². The van der Waals surface area contributed by atoms with Crippen molar-refractivity contribution in [2.24, 2.45) is 11.8 Å². The first-order valence-corrected chi connectivity index (χ1v) is 14.1. The van der Waals surface area contributed by atoms with Crippen molar-refractivity contribution in [3.05, 3.63) is 82.9 Å². The van der Waals surface area contributed by atoms with Gasteiger partial charge in [-0.3, -0.25) is 0 Å². The van der Waals surface area contributed by atoms with Gasteiger partial charge in [-0.2, -0.15) is 0 Å². The minimum Gasteiger partial charge on any atom is -0.0730 e. The normalized spacial score (nSPS) is 25.1. The summed E-state index contributed by atoms with van der Waals surface area (Å²) in [7, 11) is 0. The van der Waals surface area contributed by atoms with Crippen LogP contribution in [0.25, 0.3) is 0 Å². The molecule has 0 heterocycles. The Labute approximate surface area is 209 Å². The van der Waals surface area contributed by atoms with Crippen LogP contribution in [0.2, 0.25) is 0 Å². The van der Waals surface area contributed by atoms with E-state index in [1.165, 1.54) is 88.2 Å². The minimum absolute atomic E-state index is 0.690. The maximum absolute atomic E-state index is 3.35. The Morgan fingerprint density at radius 2 is 1.29 bits per heavy atom. The molecule has 2 aliphatic rings. The summed E-state index contributed by atoms with van der Waals surface area (Å²) < 4.78 is 0. The lowest BCUT2D eigenvalue weighted by Gasteiger charge is -2.28. The number of hydrogen-bond acceptors (Lipinski definition) is 0. The van der Waals surface area contributed by atoms with E-state index in [-0.39, 0.29) is 0 Å². The molecule has 0 atom stereocenters. The molecule has 2 aromatic carbocycles. The van der Waals surface area contributed by atoms with E-state index in [9.17, 15) is 0 Å². The van der Waals surface area contributed by atoms with E-state index < -0.39 is 0 Å². The third-order valence-corrected chi connectivity index (χ3v) is 8.36. The largest absolute Gasteiger partial charge is 0.0730 e. The summed E-state index contributed by atoms with van der Waals surface area (Å²) in [5.41, 5.74) is 5.68. The second kappa shape index (κ2) is 13.0. The highest BCUT2D eigenvalue weighted by atomic mass is 14.3. The standard InChI is InChI=1S/C34H44/c1-3-7-27-11-19-31(20-12-27)33-23-15-29(16-24-33)9-5-6-10-30-17-25-34(26-18-30)32-21-13-28(8-4-2)14-22-32/h5,9,11-12,17-20,25-26,28-29,32-33H,3-4,7-8,13-16,21-24H2,1-2H3/b9-5+/t28-,29-,32-,33-. The van der Waals surface area contributed by atoms with Crippen molar-refractivity contribution in [3.63, 3.8) is 0 Å². The molecule has 0 bridgehead atoms. The van der Waals surface area contributed by atoms with Crippen LogP contribution < -0.4 is 0 Å². The molecule has 0 nitrogen and oxygen atoms in total. The van der Waals surface area contributed by atoms with Crippen molar-refractivity contribution in [2.75, 3.05) is 0 Å². The first-order valence-electron chi connectivity index (χ1n) is 14.1. The van der Waals surface area contributed by atoms with Crippen LogP contribution in [0.15, 0.2) is 60.7 Å². The minimum atomic E-state index is 0.690. The Hall–Kier alpha value is -2.26. The molecular weight excluding hydrogens is 408 g/mol. The molecule has 0 spiro atoms. The van der Waals surface area contributed by atoms with Crippen LogP contribution in [0, 0.1) is 23.7 Å². The second-order valence-electron chi connectivity index (χ2n) is 10.9. The van der Waals surface area contributed by atoms with E-state index in [0.717, 1.165) is 23.3 Å². The molecule has 0 heteroatoms. The molecule has 0 aromatic heterocycles. The zero-order chi connectivity index (χ0) is 23.6. The molecule has 2 fully saturated rings. The Bertz CT molecular complexity index is 934. The summed E-state index contributed by atoms with van der Waals surface area (Å²) >= 11 is 0. The lowest BCUT2D eigenvalue weighted by Crippen LogP contribution is -2.13. The molecule has 0 radical (unpaired) electrons. The molecule has 0 N–H and O–H groups in total.